The van der Waals surface area contributed by atoms with Crippen molar-refractivity contribution in [3.63, 3.8) is 0 Å². The van der Waals surface area contributed by atoms with E-state index < -0.39 is 129 Å². The van der Waals surface area contributed by atoms with Gasteiger partial charge in [-0.05, 0) is 46.0 Å². The fourth-order valence-corrected chi connectivity index (χ4v) is 6.58. The number of azide groups is 6. The van der Waals surface area contributed by atoms with E-state index >= 15 is 0 Å². The van der Waals surface area contributed by atoms with E-state index in [1.54, 1.807) is 6.92 Å². The number of aliphatic hydroxyl groups excluding tert-OH is 6. The first-order chi connectivity index (χ1) is 26.0. The standard InChI is InChI=1S/C24H36N18O12/c1-2-8-20(53-23-12(36-42-30)17(47)15(45)10(51-23)5-32-38-26)18(48)24(49-8)54-21-13(43)6(33-39-27)3-7(34-40-28)19(21)52-22-11(35-41-29)16(46)14(44)9(50-22)4-31-37-25/h6-24,43-48H,2-5H2,1H3/t6-,7?,8-,9?,10+,11?,12-,13?,14-,15?,16-,17?,18?,19-,20+,21-,22-,23?,24+/m1/s1. The lowest BCUT2D eigenvalue weighted by Crippen LogP contribution is -2.63. The molecule has 19 atom stereocenters. The lowest BCUT2D eigenvalue weighted by Gasteiger charge is -2.47. The SMILES string of the molecule is CC[C@H]1O[C@@H](O[C@@H]2C(O)[C@H](N=[N+]=[N-])CC(N=[N+]=[N-])[C@H]2O[C@H]2OC(CN=[N+]=[N-])[C@@H](O)[C@H](O)C2N=[N+]=[N-])C(O)[C@H]1OC1O[C@@H](CN=[N+]=[N-])C(O)C(O)[C@H]1N=[N+]=[N-]. The summed E-state index contributed by atoms with van der Waals surface area (Å²) in [5.41, 5.74) is 54.4. The van der Waals surface area contributed by atoms with Crippen molar-refractivity contribution in [3.05, 3.63) is 62.7 Å². The van der Waals surface area contributed by atoms with Crippen LogP contribution in [0.2, 0.25) is 0 Å². The first-order valence-corrected chi connectivity index (χ1v) is 16.2. The van der Waals surface area contributed by atoms with Gasteiger partial charge in [-0.15, -0.1) is 0 Å². The average molecular weight is 769 g/mol. The molecule has 0 aromatic carbocycles. The van der Waals surface area contributed by atoms with Gasteiger partial charge in [0, 0.05) is 29.5 Å². The predicted molar refractivity (Wildman–Crippen MR) is 171 cm³/mol. The number of ether oxygens (including phenoxy) is 6. The molecule has 294 valence electrons. The van der Waals surface area contributed by atoms with Crippen LogP contribution in [-0.2, 0) is 28.4 Å². The highest BCUT2D eigenvalue weighted by molar-refractivity contribution is 5.04. The van der Waals surface area contributed by atoms with Gasteiger partial charge in [-0.1, -0.05) is 37.6 Å². The van der Waals surface area contributed by atoms with Crippen molar-refractivity contribution in [1.82, 2.24) is 0 Å². The quantitative estimate of drug-likeness (QED) is 0.0759. The molecule has 3 saturated heterocycles. The fourth-order valence-electron chi connectivity index (χ4n) is 6.58. The molecule has 3 aliphatic heterocycles. The van der Waals surface area contributed by atoms with E-state index in [4.69, 9.17) is 45.0 Å². The Morgan fingerprint density at radius 2 is 0.944 bits per heavy atom. The van der Waals surface area contributed by atoms with E-state index in [0.717, 1.165) is 0 Å². The van der Waals surface area contributed by atoms with Gasteiger partial charge >= 0.3 is 0 Å². The van der Waals surface area contributed by atoms with Gasteiger partial charge in [-0.3, -0.25) is 0 Å². The molecule has 0 radical (unpaired) electrons. The highest BCUT2D eigenvalue weighted by Gasteiger charge is 2.55. The monoisotopic (exact) mass is 768 g/mol. The van der Waals surface area contributed by atoms with E-state index in [1.807, 2.05) is 0 Å². The third-order valence-electron chi connectivity index (χ3n) is 9.24. The maximum Gasteiger partial charge on any atom is 0.187 e. The summed E-state index contributed by atoms with van der Waals surface area (Å²) >= 11 is 0. The van der Waals surface area contributed by atoms with Crippen LogP contribution in [0.25, 0.3) is 62.7 Å². The second-order valence-corrected chi connectivity index (χ2v) is 12.3. The minimum atomic E-state index is -1.84. The first-order valence-electron chi connectivity index (χ1n) is 16.2. The molecule has 3 heterocycles. The molecule has 0 bridgehead atoms. The molecule has 6 N–H and O–H groups in total. The lowest BCUT2D eigenvalue weighted by atomic mass is 9.84. The minimum Gasteiger partial charge on any atom is -0.390 e. The van der Waals surface area contributed by atoms with E-state index in [2.05, 4.69) is 60.2 Å². The Hall–Kier alpha value is -4.62. The van der Waals surface area contributed by atoms with Gasteiger partial charge in [-0.25, -0.2) is 0 Å². The van der Waals surface area contributed by atoms with E-state index in [1.165, 1.54) is 0 Å². The van der Waals surface area contributed by atoms with Crippen LogP contribution in [0.4, 0.5) is 0 Å². The van der Waals surface area contributed by atoms with E-state index in [0.29, 0.717) is 0 Å². The molecule has 0 spiro atoms. The molecule has 4 aliphatic rings. The number of aliphatic hydroxyl groups is 6. The number of nitrogens with zero attached hydrogens (tertiary/aromatic N) is 18. The van der Waals surface area contributed by atoms with Crippen LogP contribution in [0.15, 0.2) is 30.7 Å². The summed E-state index contributed by atoms with van der Waals surface area (Å²) in [6, 6.07) is -5.91. The summed E-state index contributed by atoms with van der Waals surface area (Å²) in [6.07, 6.45) is -24.4. The Labute approximate surface area is 301 Å². The minimum absolute atomic E-state index is 0.125. The van der Waals surface area contributed by atoms with E-state index in [-0.39, 0.29) is 12.8 Å². The normalized spacial score (nSPS) is 43.1. The van der Waals surface area contributed by atoms with Crippen LogP contribution in [-0.4, -0.2) is 160 Å². The molecule has 8 unspecified atom stereocenters. The van der Waals surface area contributed by atoms with E-state index in [9.17, 15) is 47.2 Å². The second-order valence-electron chi connectivity index (χ2n) is 12.3. The zero-order chi connectivity index (χ0) is 39.5. The maximum absolute atomic E-state index is 11.5. The number of rotatable bonds is 15. The van der Waals surface area contributed by atoms with Crippen LogP contribution < -0.4 is 0 Å². The topological polar surface area (TPSA) is 469 Å². The average Bonchev–Trinajstić information content (AvgIpc) is 3.45. The molecule has 0 amide bonds. The molecule has 1 saturated carbocycles. The third kappa shape index (κ3) is 9.18. The summed E-state index contributed by atoms with van der Waals surface area (Å²) in [6.45, 7) is 0.654. The molecular formula is C24H36N18O12. The van der Waals surface area contributed by atoms with Gasteiger partial charge in [-0.2, -0.15) is 0 Å². The fraction of sp³-hybridized carbons (Fsp3) is 1.00. The van der Waals surface area contributed by atoms with Crippen molar-refractivity contribution in [2.24, 2.45) is 30.7 Å². The van der Waals surface area contributed by atoms with Crippen molar-refractivity contribution in [3.8, 4) is 0 Å². The lowest BCUT2D eigenvalue weighted by molar-refractivity contribution is -0.306. The Morgan fingerprint density at radius 3 is 1.41 bits per heavy atom. The third-order valence-corrected chi connectivity index (χ3v) is 9.24. The van der Waals surface area contributed by atoms with Crippen LogP contribution >= 0.6 is 0 Å². The Kier molecular flexibility index (Phi) is 15.3. The molecule has 0 aromatic rings. The van der Waals surface area contributed by atoms with Crippen molar-refractivity contribution in [2.75, 3.05) is 13.1 Å². The van der Waals surface area contributed by atoms with Gasteiger partial charge in [0.2, 0.25) is 0 Å². The zero-order valence-electron chi connectivity index (χ0n) is 28.0. The predicted octanol–water partition coefficient (Wildman–Crippen LogP) is 0.632. The van der Waals surface area contributed by atoms with Crippen LogP contribution in [0.1, 0.15) is 19.8 Å². The molecular weight excluding hydrogens is 732 g/mol. The molecule has 4 fully saturated rings. The summed E-state index contributed by atoms with van der Waals surface area (Å²) in [5, 5.41) is 86.2. The molecule has 54 heavy (non-hydrogen) atoms. The van der Waals surface area contributed by atoms with Crippen molar-refractivity contribution < 1.29 is 59.1 Å². The second kappa shape index (κ2) is 19.6. The van der Waals surface area contributed by atoms with Gasteiger partial charge < -0.3 is 59.1 Å². The molecule has 1 aliphatic carbocycles. The summed E-state index contributed by atoms with van der Waals surface area (Å²) < 4.78 is 35.4. The van der Waals surface area contributed by atoms with Crippen LogP contribution in [0.5, 0.6) is 0 Å². The Balaban J connectivity index is 1.67. The van der Waals surface area contributed by atoms with Crippen LogP contribution in [0, 0.1) is 0 Å². The molecule has 30 nitrogen and oxygen atoms in total. The van der Waals surface area contributed by atoms with Gasteiger partial charge in [0.05, 0.1) is 67.9 Å². The first kappa shape index (κ1) is 42.1. The molecule has 4 rings (SSSR count). The smallest absolute Gasteiger partial charge is 0.187 e. The maximum atomic E-state index is 11.5. The van der Waals surface area contributed by atoms with Gasteiger partial charge in [0.25, 0.3) is 0 Å². The van der Waals surface area contributed by atoms with Gasteiger partial charge in [0.1, 0.15) is 42.6 Å². The number of hydrogen-bond acceptors (Lipinski definition) is 18. The molecule has 0 aromatic heterocycles. The summed E-state index contributed by atoms with van der Waals surface area (Å²) in [5.74, 6) is 0. The summed E-state index contributed by atoms with van der Waals surface area (Å²) in [4.78, 5) is 16.0. The Bertz CT molecular complexity index is 1590. The highest BCUT2D eigenvalue weighted by Crippen LogP contribution is 2.38. The van der Waals surface area contributed by atoms with Crippen molar-refractivity contribution in [2.45, 2.75) is 136 Å². The van der Waals surface area contributed by atoms with Gasteiger partial charge in [0.15, 0.2) is 18.9 Å². The highest BCUT2D eigenvalue weighted by atomic mass is 16.8. The Morgan fingerprint density at radius 1 is 0.500 bits per heavy atom. The number of hydrogen-bond donors (Lipinski definition) is 6. The van der Waals surface area contributed by atoms with Crippen molar-refractivity contribution >= 4 is 0 Å². The molecule has 30 heteroatoms. The zero-order valence-corrected chi connectivity index (χ0v) is 28.0. The van der Waals surface area contributed by atoms with Crippen molar-refractivity contribution in [1.29, 1.82) is 0 Å². The largest absolute Gasteiger partial charge is 0.390 e. The van der Waals surface area contributed by atoms with Crippen LogP contribution in [0.3, 0.4) is 0 Å². The summed E-state index contributed by atoms with van der Waals surface area (Å²) in [7, 11) is 0.